The van der Waals surface area contributed by atoms with Crippen molar-refractivity contribution in [1.29, 1.82) is 0 Å². The van der Waals surface area contributed by atoms with Gasteiger partial charge in [0.05, 0.1) is 5.75 Å². The first kappa shape index (κ1) is 21.2. The number of nitrogens with zero attached hydrogens (tertiary/aromatic N) is 2. The molecule has 0 heterocycles. The molecule has 0 aromatic rings. The van der Waals surface area contributed by atoms with Crippen LogP contribution in [-0.4, -0.2) is 57.7 Å². The molecule has 0 saturated carbocycles. The van der Waals surface area contributed by atoms with Gasteiger partial charge in [-0.1, -0.05) is 20.8 Å². The summed E-state index contributed by atoms with van der Waals surface area (Å²) in [7, 11) is -1.49. The van der Waals surface area contributed by atoms with E-state index in [1.165, 1.54) is 4.31 Å². The lowest BCUT2D eigenvalue weighted by Gasteiger charge is -2.19. The second-order valence-corrected chi connectivity index (χ2v) is 5.91. The number of guanidine groups is 1. The summed E-state index contributed by atoms with van der Waals surface area (Å²) in [5.41, 5.74) is 0. The van der Waals surface area contributed by atoms with Gasteiger partial charge in [0, 0.05) is 33.2 Å². The Balaban J connectivity index is 0. The van der Waals surface area contributed by atoms with E-state index in [9.17, 15) is 8.42 Å². The van der Waals surface area contributed by atoms with Crippen LogP contribution in [0.1, 0.15) is 27.2 Å². The van der Waals surface area contributed by atoms with Gasteiger partial charge in [0.25, 0.3) is 0 Å². The Kier molecular flexibility index (Phi) is 13.1. The average Bonchev–Trinajstić information content (AvgIpc) is 2.34. The summed E-state index contributed by atoms with van der Waals surface area (Å²) < 4.78 is 25.3. The van der Waals surface area contributed by atoms with E-state index in [1.807, 2.05) is 13.8 Å². The van der Waals surface area contributed by atoms with Crippen molar-refractivity contribution in [3.8, 4) is 0 Å². The molecule has 0 saturated heterocycles. The molecule has 0 aliphatic heterocycles. The van der Waals surface area contributed by atoms with E-state index in [0.717, 1.165) is 13.0 Å². The third-order valence-electron chi connectivity index (χ3n) is 2.52. The highest BCUT2D eigenvalue weighted by Crippen LogP contribution is 1.99. The van der Waals surface area contributed by atoms with Gasteiger partial charge in [0.1, 0.15) is 0 Å². The van der Waals surface area contributed by atoms with Crippen LogP contribution in [0.4, 0.5) is 0 Å². The van der Waals surface area contributed by atoms with E-state index < -0.39 is 10.0 Å². The van der Waals surface area contributed by atoms with E-state index >= 15 is 0 Å². The number of halogens is 1. The van der Waals surface area contributed by atoms with Crippen LogP contribution in [-0.2, 0) is 10.0 Å². The molecule has 0 amide bonds. The van der Waals surface area contributed by atoms with Gasteiger partial charge in [-0.05, 0) is 6.42 Å². The molecule has 0 rings (SSSR count). The molecule has 6 nitrogen and oxygen atoms in total. The van der Waals surface area contributed by atoms with E-state index in [-0.39, 0.29) is 29.7 Å². The predicted molar refractivity (Wildman–Crippen MR) is 91.8 cm³/mol. The summed E-state index contributed by atoms with van der Waals surface area (Å²) in [5, 5.41) is 6.09. The molecule has 0 aromatic carbocycles. The molecule has 2 N–H and O–H groups in total. The van der Waals surface area contributed by atoms with Crippen LogP contribution in [0.15, 0.2) is 4.99 Å². The van der Waals surface area contributed by atoms with Crippen molar-refractivity contribution in [3.05, 3.63) is 0 Å². The Morgan fingerprint density at radius 3 is 2.05 bits per heavy atom. The summed E-state index contributed by atoms with van der Waals surface area (Å²) >= 11 is 0. The molecule has 0 spiro atoms. The molecule has 19 heavy (non-hydrogen) atoms. The van der Waals surface area contributed by atoms with E-state index in [0.29, 0.717) is 25.6 Å². The molecule has 116 valence electrons. The predicted octanol–water partition coefficient (Wildman–Crippen LogP) is 0.851. The molecule has 0 atom stereocenters. The zero-order valence-corrected chi connectivity index (χ0v) is 15.4. The van der Waals surface area contributed by atoms with Gasteiger partial charge >= 0.3 is 0 Å². The number of hydrogen-bond acceptors (Lipinski definition) is 3. The minimum atomic E-state index is -3.16. The topological polar surface area (TPSA) is 73.8 Å². The Bertz CT molecular complexity index is 343. The van der Waals surface area contributed by atoms with Gasteiger partial charge in [0.2, 0.25) is 10.0 Å². The summed E-state index contributed by atoms with van der Waals surface area (Å²) in [6, 6.07) is 0. The van der Waals surface area contributed by atoms with Crippen molar-refractivity contribution >= 4 is 40.0 Å². The summed E-state index contributed by atoms with van der Waals surface area (Å²) in [6.07, 6.45) is 0.998. The molecule has 8 heteroatoms. The minimum absolute atomic E-state index is 0. The molecule has 0 radical (unpaired) electrons. The van der Waals surface area contributed by atoms with Crippen molar-refractivity contribution < 1.29 is 8.42 Å². The van der Waals surface area contributed by atoms with Gasteiger partial charge in [-0.2, -0.15) is 0 Å². The maximum Gasteiger partial charge on any atom is 0.215 e. The van der Waals surface area contributed by atoms with E-state index in [2.05, 4.69) is 22.5 Å². The SMILES string of the molecule is CCCNC(=NC)NCCS(=O)(=O)N(CC)CC.I. The highest BCUT2D eigenvalue weighted by Gasteiger charge is 2.17. The van der Waals surface area contributed by atoms with Crippen molar-refractivity contribution in [1.82, 2.24) is 14.9 Å². The summed E-state index contributed by atoms with van der Waals surface area (Å²) in [5.74, 6) is 0.730. The second-order valence-electron chi connectivity index (χ2n) is 3.83. The van der Waals surface area contributed by atoms with Gasteiger partial charge in [-0.3, -0.25) is 4.99 Å². The van der Waals surface area contributed by atoms with E-state index in [4.69, 9.17) is 0 Å². The number of hydrogen-bond donors (Lipinski definition) is 2. The summed E-state index contributed by atoms with van der Waals surface area (Å²) in [6.45, 7) is 7.96. The highest BCUT2D eigenvalue weighted by atomic mass is 127. The van der Waals surface area contributed by atoms with Gasteiger partial charge in [-0.25, -0.2) is 12.7 Å². The van der Waals surface area contributed by atoms with Crippen LogP contribution in [0.25, 0.3) is 0 Å². The molecule has 0 fully saturated rings. The van der Waals surface area contributed by atoms with Crippen LogP contribution >= 0.6 is 24.0 Å². The number of nitrogens with one attached hydrogen (secondary N) is 2. The molecular formula is C11H27IN4O2S. The molecule has 0 aromatic heterocycles. The fourth-order valence-electron chi connectivity index (χ4n) is 1.51. The van der Waals surface area contributed by atoms with Gasteiger partial charge < -0.3 is 10.6 Å². The van der Waals surface area contributed by atoms with Crippen LogP contribution in [0.3, 0.4) is 0 Å². The standard InChI is InChI=1S/C11H26N4O2S.HI/c1-5-8-13-11(12-4)14-9-10-18(16,17)15(6-2)7-3;/h5-10H2,1-4H3,(H2,12,13,14);1H. The average molecular weight is 406 g/mol. The van der Waals surface area contributed by atoms with Crippen LogP contribution < -0.4 is 10.6 Å². The molecule has 0 aliphatic carbocycles. The van der Waals surface area contributed by atoms with Crippen LogP contribution in [0.5, 0.6) is 0 Å². The third-order valence-corrected chi connectivity index (χ3v) is 4.54. The fraction of sp³-hybridized carbons (Fsp3) is 0.909. The summed E-state index contributed by atoms with van der Waals surface area (Å²) in [4.78, 5) is 4.02. The third kappa shape index (κ3) is 8.64. The minimum Gasteiger partial charge on any atom is -0.356 e. The smallest absolute Gasteiger partial charge is 0.215 e. The van der Waals surface area contributed by atoms with Crippen LogP contribution in [0.2, 0.25) is 0 Å². The maximum atomic E-state index is 11.9. The monoisotopic (exact) mass is 406 g/mol. The first-order valence-electron chi connectivity index (χ1n) is 6.44. The lowest BCUT2D eigenvalue weighted by Crippen LogP contribution is -2.42. The first-order chi connectivity index (χ1) is 8.51. The molecule has 0 bridgehead atoms. The van der Waals surface area contributed by atoms with Crippen molar-refractivity contribution in [2.24, 2.45) is 4.99 Å². The first-order valence-corrected chi connectivity index (χ1v) is 8.05. The van der Waals surface area contributed by atoms with Crippen molar-refractivity contribution in [3.63, 3.8) is 0 Å². The largest absolute Gasteiger partial charge is 0.356 e. The molecule has 0 unspecified atom stereocenters. The number of rotatable bonds is 8. The number of aliphatic imine (C=N–C) groups is 1. The Labute approximate surface area is 134 Å². The highest BCUT2D eigenvalue weighted by molar-refractivity contribution is 14.0. The van der Waals surface area contributed by atoms with Crippen molar-refractivity contribution in [2.45, 2.75) is 27.2 Å². The van der Waals surface area contributed by atoms with E-state index in [1.54, 1.807) is 7.05 Å². The lowest BCUT2D eigenvalue weighted by molar-refractivity contribution is 0.445. The van der Waals surface area contributed by atoms with Gasteiger partial charge in [-0.15, -0.1) is 24.0 Å². The Hall–Kier alpha value is -0.0900. The molecular weight excluding hydrogens is 379 g/mol. The Morgan fingerprint density at radius 1 is 1.11 bits per heavy atom. The lowest BCUT2D eigenvalue weighted by atomic mass is 10.5. The quantitative estimate of drug-likeness (QED) is 0.356. The zero-order chi connectivity index (χ0) is 14.0. The van der Waals surface area contributed by atoms with Crippen molar-refractivity contribution in [2.75, 3.05) is 39.0 Å². The Morgan fingerprint density at radius 2 is 1.63 bits per heavy atom. The normalized spacial score (nSPS) is 12.2. The number of sulfonamides is 1. The molecule has 0 aliphatic rings. The van der Waals surface area contributed by atoms with Gasteiger partial charge in [0.15, 0.2) is 5.96 Å². The second kappa shape index (κ2) is 11.7. The fourth-order valence-corrected chi connectivity index (χ4v) is 2.91. The van der Waals surface area contributed by atoms with Crippen LogP contribution in [0, 0.1) is 0 Å². The maximum absolute atomic E-state index is 11.9. The zero-order valence-electron chi connectivity index (χ0n) is 12.3.